The normalized spacial score (nSPS) is 11.6. The van der Waals surface area contributed by atoms with Crippen molar-refractivity contribution in [1.82, 2.24) is 9.66 Å². The van der Waals surface area contributed by atoms with E-state index in [0.29, 0.717) is 28.0 Å². The molecular weight excluding hydrogens is 548 g/mol. The molecule has 0 atom stereocenters. The van der Waals surface area contributed by atoms with E-state index in [1.807, 2.05) is 62.4 Å². The summed E-state index contributed by atoms with van der Waals surface area (Å²) < 4.78 is 8.28. The van der Waals surface area contributed by atoms with Crippen LogP contribution in [0.1, 0.15) is 36.7 Å². The highest BCUT2D eigenvalue weighted by atomic mass is 79.9. The van der Waals surface area contributed by atoms with Gasteiger partial charge in [0.15, 0.2) is 0 Å². The second-order valence-electron chi connectivity index (χ2n) is 9.06. The number of nitrogens with zero attached hydrogens (tertiary/aromatic N) is 4. The van der Waals surface area contributed by atoms with Crippen molar-refractivity contribution in [3.8, 4) is 5.75 Å². The Kier molecular flexibility index (Phi) is 7.02. The maximum atomic E-state index is 13.5. The Hall–Kier alpha value is -4.37. The average Bonchev–Trinajstić information content (AvgIpc) is 2.92. The molecule has 0 radical (unpaired) electrons. The minimum Gasteiger partial charge on any atom is -0.488 e. The molecular formula is C29H23BrN4O4. The molecule has 5 aromatic rings. The highest BCUT2D eigenvalue weighted by molar-refractivity contribution is 9.10. The molecule has 1 heterocycles. The molecule has 0 spiro atoms. The first-order chi connectivity index (χ1) is 18.3. The summed E-state index contributed by atoms with van der Waals surface area (Å²) in [4.78, 5) is 28.7. The Labute approximate surface area is 226 Å². The van der Waals surface area contributed by atoms with Gasteiger partial charge in [0.1, 0.15) is 18.2 Å². The standard InChI is InChI=1S/C29H23BrN4O4/c1-18(2)28-32-26-13-10-21(30)15-24(26)29(35)33(28)31-16-25-23-6-4-3-5-20(23)9-14-27(25)38-17-19-7-11-22(12-8-19)34(36)37/h3-16,18H,17H2,1-2H3. The lowest BCUT2D eigenvalue weighted by molar-refractivity contribution is -0.384. The number of ether oxygens (including phenoxy) is 1. The fourth-order valence-electron chi connectivity index (χ4n) is 4.18. The van der Waals surface area contributed by atoms with Gasteiger partial charge >= 0.3 is 0 Å². The van der Waals surface area contributed by atoms with E-state index in [0.717, 1.165) is 20.8 Å². The van der Waals surface area contributed by atoms with Gasteiger partial charge in [0.25, 0.3) is 11.2 Å². The van der Waals surface area contributed by atoms with Crippen molar-refractivity contribution in [3.63, 3.8) is 0 Å². The van der Waals surface area contributed by atoms with E-state index in [2.05, 4.69) is 21.0 Å². The van der Waals surface area contributed by atoms with E-state index in [1.54, 1.807) is 24.4 Å². The topological polar surface area (TPSA) is 99.6 Å². The third-order valence-electron chi connectivity index (χ3n) is 6.12. The van der Waals surface area contributed by atoms with Gasteiger partial charge in [0.05, 0.1) is 22.0 Å². The van der Waals surface area contributed by atoms with Crippen molar-refractivity contribution >= 4 is 49.5 Å². The zero-order chi connectivity index (χ0) is 26.8. The summed E-state index contributed by atoms with van der Waals surface area (Å²) in [6.45, 7) is 4.14. The summed E-state index contributed by atoms with van der Waals surface area (Å²) in [6.07, 6.45) is 1.63. The zero-order valence-electron chi connectivity index (χ0n) is 20.7. The van der Waals surface area contributed by atoms with E-state index < -0.39 is 4.92 Å². The molecule has 0 saturated heterocycles. The fourth-order valence-corrected chi connectivity index (χ4v) is 4.54. The minimum absolute atomic E-state index is 0.0229. The number of halogens is 1. The highest BCUT2D eigenvalue weighted by Crippen LogP contribution is 2.28. The summed E-state index contributed by atoms with van der Waals surface area (Å²) in [5, 5.41) is 17.9. The van der Waals surface area contributed by atoms with Crippen molar-refractivity contribution in [3.05, 3.63) is 121 Å². The molecule has 0 amide bonds. The second-order valence-corrected chi connectivity index (χ2v) is 9.97. The van der Waals surface area contributed by atoms with Crippen molar-refractivity contribution in [1.29, 1.82) is 0 Å². The molecule has 9 heteroatoms. The minimum atomic E-state index is -0.434. The molecule has 190 valence electrons. The van der Waals surface area contributed by atoms with Crippen molar-refractivity contribution in [2.24, 2.45) is 5.10 Å². The molecule has 0 N–H and O–H groups in total. The maximum absolute atomic E-state index is 13.5. The number of hydrogen-bond donors (Lipinski definition) is 0. The first kappa shape index (κ1) is 25.3. The number of benzene rings is 4. The summed E-state index contributed by atoms with van der Waals surface area (Å²) in [7, 11) is 0. The molecule has 8 nitrogen and oxygen atoms in total. The number of non-ortho nitro benzene ring substituents is 1. The number of rotatable bonds is 7. The van der Waals surface area contributed by atoms with Crippen molar-refractivity contribution in [2.45, 2.75) is 26.4 Å². The fraction of sp³-hybridized carbons (Fsp3) is 0.138. The second kappa shape index (κ2) is 10.5. The van der Waals surface area contributed by atoms with Gasteiger partial charge in [0, 0.05) is 28.1 Å². The van der Waals surface area contributed by atoms with Gasteiger partial charge in [0.2, 0.25) is 0 Å². The number of nitro groups is 1. The highest BCUT2D eigenvalue weighted by Gasteiger charge is 2.15. The van der Waals surface area contributed by atoms with Gasteiger partial charge in [-0.05, 0) is 52.7 Å². The van der Waals surface area contributed by atoms with E-state index >= 15 is 0 Å². The van der Waals surface area contributed by atoms with Crippen LogP contribution in [-0.4, -0.2) is 20.8 Å². The predicted octanol–water partition coefficient (Wildman–Crippen LogP) is 6.81. The summed E-state index contributed by atoms with van der Waals surface area (Å²) in [6, 6.07) is 23.3. The quantitative estimate of drug-likeness (QED) is 0.122. The zero-order valence-corrected chi connectivity index (χ0v) is 22.3. The van der Waals surface area contributed by atoms with Gasteiger partial charge in [-0.3, -0.25) is 14.9 Å². The SMILES string of the molecule is CC(C)c1nc2ccc(Br)cc2c(=O)n1N=Cc1c(OCc2ccc([N+](=O)[O-])cc2)ccc2ccccc12. The van der Waals surface area contributed by atoms with Crippen LogP contribution in [0.4, 0.5) is 5.69 Å². The molecule has 0 fully saturated rings. The summed E-state index contributed by atoms with van der Waals surface area (Å²) >= 11 is 3.43. The molecule has 38 heavy (non-hydrogen) atoms. The lowest BCUT2D eigenvalue weighted by atomic mass is 10.0. The molecule has 4 aromatic carbocycles. The average molecular weight is 571 g/mol. The number of hydrogen-bond acceptors (Lipinski definition) is 6. The van der Waals surface area contributed by atoms with E-state index in [-0.39, 0.29) is 23.8 Å². The van der Waals surface area contributed by atoms with Crippen LogP contribution in [0.2, 0.25) is 0 Å². The van der Waals surface area contributed by atoms with E-state index in [9.17, 15) is 14.9 Å². The van der Waals surface area contributed by atoms with Crippen LogP contribution in [0.5, 0.6) is 5.75 Å². The lowest BCUT2D eigenvalue weighted by Crippen LogP contribution is -2.23. The Balaban J connectivity index is 1.58. The first-order valence-corrected chi connectivity index (χ1v) is 12.8. The van der Waals surface area contributed by atoms with Gasteiger partial charge in [-0.25, -0.2) is 4.98 Å². The van der Waals surface area contributed by atoms with Gasteiger partial charge in [-0.15, -0.1) is 0 Å². The summed E-state index contributed by atoms with van der Waals surface area (Å²) in [5.41, 5.74) is 1.88. The Morgan fingerprint density at radius 3 is 2.55 bits per heavy atom. The third kappa shape index (κ3) is 5.05. The largest absolute Gasteiger partial charge is 0.488 e. The number of fused-ring (bicyclic) bond motifs is 2. The molecule has 0 unspecified atom stereocenters. The van der Waals surface area contributed by atoms with Crippen LogP contribution in [0.15, 0.2) is 93.2 Å². The van der Waals surface area contributed by atoms with Crippen LogP contribution < -0.4 is 10.3 Å². The predicted molar refractivity (Wildman–Crippen MR) is 152 cm³/mol. The van der Waals surface area contributed by atoms with Gasteiger partial charge in [-0.1, -0.05) is 60.1 Å². The van der Waals surface area contributed by atoms with Gasteiger partial charge in [-0.2, -0.15) is 9.78 Å². The lowest BCUT2D eigenvalue weighted by Gasteiger charge is -2.14. The van der Waals surface area contributed by atoms with Crippen LogP contribution in [-0.2, 0) is 6.61 Å². The molecule has 0 bridgehead atoms. The first-order valence-electron chi connectivity index (χ1n) is 12.0. The van der Waals surface area contributed by atoms with Crippen LogP contribution in [0.3, 0.4) is 0 Å². The van der Waals surface area contributed by atoms with Gasteiger partial charge < -0.3 is 4.74 Å². The van der Waals surface area contributed by atoms with Crippen LogP contribution in [0, 0.1) is 10.1 Å². The molecule has 1 aromatic heterocycles. The monoisotopic (exact) mass is 570 g/mol. The van der Waals surface area contributed by atoms with Crippen molar-refractivity contribution < 1.29 is 9.66 Å². The Bertz CT molecular complexity index is 1760. The molecule has 0 saturated carbocycles. The van der Waals surface area contributed by atoms with E-state index in [1.165, 1.54) is 16.8 Å². The van der Waals surface area contributed by atoms with Crippen molar-refractivity contribution in [2.75, 3.05) is 0 Å². The molecule has 5 rings (SSSR count). The number of aromatic nitrogens is 2. The third-order valence-corrected chi connectivity index (χ3v) is 6.62. The van der Waals surface area contributed by atoms with Crippen LogP contribution in [0.25, 0.3) is 21.7 Å². The molecule has 0 aliphatic heterocycles. The Morgan fingerprint density at radius 1 is 1.05 bits per heavy atom. The van der Waals surface area contributed by atoms with Crippen LogP contribution >= 0.6 is 15.9 Å². The molecule has 0 aliphatic rings. The summed E-state index contributed by atoms with van der Waals surface area (Å²) in [5.74, 6) is 1.08. The maximum Gasteiger partial charge on any atom is 0.282 e. The Morgan fingerprint density at radius 2 is 1.82 bits per heavy atom. The molecule has 0 aliphatic carbocycles. The number of nitro benzene ring substituents is 1. The smallest absolute Gasteiger partial charge is 0.282 e. The van der Waals surface area contributed by atoms with E-state index in [4.69, 9.17) is 9.72 Å².